The van der Waals surface area contributed by atoms with Crippen LogP contribution in [0.15, 0.2) is 24.3 Å². The SMILES string of the molecule is CCOc1ccc(OCCC(F)C2CCC(C(F)(F)CCOc3ccc(OCCC(F)(F)C4CCC(C)CC4)c(F)c3F)CC2)c(F)c1F. The lowest BCUT2D eigenvalue weighted by Crippen LogP contribution is -2.35. The summed E-state index contributed by atoms with van der Waals surface area (Å²) in [7, 11) is 0. The molecular formula is C36H45F9O4. The molecule has 0 amide bonds. The van der Waals surface area contributed by atoms with E-state index in [1.807, 2.05) is 6.92 Å². The molecule has 276 valence electrons. The van der Waals surface area contributed by atoms with Gasteiger partial charge in [-0.15, -0.1) is 0 Å². The van der Waals surface area contributed by atoms with Crippen molar-refractivity contribution in [2.75, 3.05) is 26.4 Å². The van der Waals surface area contributed by atoms with Crippen LogP contribution in [0.5, 0.6) is 23.0 Å². The summed E-state index contributed by atoms with van der Waals surface area (Å²) in [6.45, 7) is 2.40. The molecule has 2 aromatic carbocycles. The molecule has 0 bridgehead atoms. The zero-order chi connectivity index (χ0) is 35.8. The van der Waals surface area contributed by atoms with E-state index in [4.69, 9.17) is 18.9 Å². The number of hydrogen-bond donors (Lipinski definition) is 0. The van der Waals surface area contributed by atoms with Gasteiger partial charge in [-0.2, -0.15) is 17.6 Å². The number of hydrogen-bond acceptors (Lipinski definition) is 4. The molecule has 2 fully saturated rings. The van der Waals surface area contributed by atoms with Crippen LogP contribution < -0.4 is 18.9 Å². The third-order valence-corrected chi connectivity index (χ3v) is 9.85. The first-order valence-corrected chi connectivity index (χ1v) is 17.1. The molecule has 1 atom stereocenters. The highest BCUT2D eigenvalue weighted by molar-refractivity contribution is 5.36. The fourth-order valence-electron chi connectivity index (χ4n) is 6.73. The number of alkyl halides is 5. The van der Waals surface area contributed by atoms with Crippen molar-refractivity contribution in [3.05, 3.63) is 47.5 Å². The highest BCUT2D eigenvalue weighted by Crippen LogP contribution is 2.43. The molecule has 2 saturated carbocycles. The van der Waals surface area contributed by atoms with Gasteiger partial charge in [0.1, 0.15) is 6.17 Å². The van der Waals surface area contributed by atoms with Crippen LogP contribution in [0.3, 0.4) is 0 Å². The summed E-state index contributed by atoms with van der Waals surface area (Å²) in [5, 5.41) is 0. The average molecular weight is 713 g/mol. The minimum absolute atomic E-state index is 0.0333. The van der Waals surface area contributed by atoms with Crippen LogP contribution in [-0.2, 0) is 0 Å². The summed E-state index contributed by atoms with van der Waals surface area (Å²) in [4.78, 5) is 0. The van der Waals surface area contributed by atoms with Crippen LogP contribution in [0.2, 0.25) is 0 Å². The molecule has 0 aliphatic heterocycles. The van der Waals surface area contributed by atoms with Crippen LogP contribution in [0.1, 0.15) is 84.5 Å². The van der Waals surface area contributed by atoms with Crippen LogP contribution >= 0.6 is 0 Å². The standard InChI is InChI=1S/C36H45F9O4/c1-3-46-27-12-13-28(32(39)31(27)38)47-19-16-26(37)23-6-10-25(11-7-23)36(44,45)18-21-49-30-15-14-29(33(40)34(30)41)48-20-17-35(42,43)24-8-4-22(2)5-9-24/h12-15,22-26H,3-11,16-21H2,1-2H3. The summed E-state index contributed by atoms with van der Waals surface area (Å²) < 4.78 is 152. The number of ether oxygens (including phenoxy) is 4. The molecule has 4 nitrogen and oxygen atoms in total. The Morgan fingerprint density at radius 3 is 1.37 bits per heavy atom. The van der Waals surface area contributed by atoms with Gasteiger partial charge in [0.2, 0.25) is 23.3 Å². The Morgan fingerprint density at radius 2 is 0.959 bits per heavy atom. The highest BCUT2D eigenvalue weighted by Gasteiger charge is 2.43. The lowest BCUT2D eigenvalue weighted by Gasteiger charge is -2.34. The Bertz CT molecular complexity index is 1340. The van der Waals surface area contributed by atoms with E-state index in [9.17, 15) is 39.5 Å². The minimum Gasteiger partial charge on any atom is -0.491 e. The number of rotatable bonds is 17. The highest BCUT2D eigenvalue weighted by atomic mass is 19.3. The maximum atomic E-state index is 15.0. The number of benzene rings is 2. The van der Waals surface area contributed by atoms with Gasteiger partial charge >= 0.3 is 0 Å². The van der Waals surface area contributed by atoms with E-state index in [-0.39, 0.29) is 56.8 Å². The summed E-state index contributed by atoms with van der Waals surface area (Å²) >= 11 is 0. The Morgan fingerprint density at radius 1 is 0.592 bits per heavy atom. The van der Waals surface area contributed by atoms with E-state index in [1.54, 1.807) is 6.92 Å². The van der Waals surface area contributed by atoms with Gasteiger partial charge < -0.3 is 18.9 Å². The normalized spacial score (nSPS) is 22.4. The molecule has 1 unspecified atom stereocenters. The topological polar surface area (TPSA) is 36.9 Å². The molecule has 0 radical (unpaired) electrons. The van der Waals surface area contributed by atoms with E-state index < -0.39 is 96.6 Å². The van der Waals surface area contributed by atoms with E-state index in [2.05, 4.69) is 0 Å². The van der Waals surface area contributed by atoms with Crippen LogP contribution in [0.25, 0.3) is 0 Å². The predicted octanol–water partition coefficient (Wildman–Crippen LogP) is 10.9. The fourth-order valence-corrected chi connectivity index (χ4v) is 6.73. The minimum atomic E-state index is -3.21. The average Bonchev–Trinajstić information content (AvgIpc) is 3.07. The summed E-state index contributed by atoms with van der Waals surface area (Å²) in [6, 6.07) is 4.42. The molecule has 2 aliphatic rings. The predicted molar refractivity (Wildman–Crippen MR) is 166 cm³/mol. The van der Waals surface area contributed by atoms with Crippen LogP contribution in [0, 0.1) is 46.9 Å². The maximum Gasteiger partial charge on any atom is 0.254 e. The molecule has 49 heavy (non-hydrogen) atoms. The first kappa shape index (κ1) is 38.8. The van der Waals surface area contributed by atoms with Gasteiger partial charge in [0.25, 0.3) is 11.8 Å². The lowest BCUT2D eigenvalue weighted by molar-refractivity contribution is -0.0912. The molecule has 4 rings (SSSR count). The summed E-state index contributed by atoms with van der Waals surface area (Å²) in [5.74, 6) is -15.4. The molecule has 0 spiro atoms. The smallest absolute Gasteiger partial charge is 0.254 e. The van der Waals surface area contributed by atoms with Gasteiger partial charge in [-0.1, -0.05) is 19.8 Å². The second kappa shape index (κ2) is 17.3. The zero-order valence-electron chi connectivity index (χ0n) is 27.8. The Balaban J connectivity index is 1.17. The molecule has 0 heterocycles. The van der Waals surface area contributed by atoms with Crippen LogP contribution in [0.4, 0.5) is 39.5 Å². The Hall–Kier alpha value is -2.99. The van der Waals surface area contributed by atoms with Gasteiger partial charge in [-0.3, -0.25) is 0 Å². The van der Waals surface area contributed by atoms with E-state index >= 15 is 0 Å². The molecule has 0 N–H and O–H groups in total. The lowest BCUT2D eigenvalue weighted by atomic mass is 9.76. The van der Waals surface area contributed by atoms with Crippen molar-refractivity contribution in [1.82, 2.24) is 0 Å². The number of halogens is 9. The molecule has 13 heteroatoms. The van der Waals surface area contributed by atoms with Gasteiger partial charge in [-0.25, -0.2) is 22.0 Å². The molecule has 2 aromatic rings. The fraction of sp³-hybridized carbons (Fsp3) is 0.667. The first-order valence-electron chi connectivity index (χ1n) is 17.1. The van der Waals surface area contributed by atoms with Crippen molar-refractivity contribution in [1.29, 1.82) is 0 Å². The molecular weight excluding hydrogens is 667 g/mol. The van der Waals surface area contributed by atoms with Crippen molar-refractivity contribution >= 4 is 0 Å². The van der Waals surface area contributed by atoms with Crippen molar-refractivity contribution in [2.45, 2.75) is 102 Å². The maximum absolute atomic E-state index is 15.0. The van der Waals surface area contributed by atoms with Crippen LogP contribution in [-0.4, -0.2) is 44.4 Å². The van der Waals surface area contributed by atoms with Gasteiger partial charge in [0, 0.05) is 31.1 Å². The quantitative estimate of drug-likeness (QED) is 0.153. The largest absolute Gasteiger partial charge is 0.491 e. The second-order valence-corrected chi connectivity index (χ2v) is 13.3. The van der Waals surface area contributed by atoms with E-state index in [0.717, 1.165) is 25.0 Å². The summed E-state index contributed by atoms with van der Waals surface area (Å²) in [5.41, 5.74) is 0. The van der Waals surface area contributed by atoms with E-state index in [0.29, 0.717) is 18.8 Å². The van der Waals surface area contributed by atoms with Crippen molar-refractivity contribution in [3.8, 4) is 23.0 Å². The third kappa shape index (κ3) is 10.3. The first-order chi connectivity index (χ1) is 23.2. The Labute approximate surface area is 281 Å². The van der Waals surface area contributed by atoms with Gasteiger partial charge in [-0.05, 0) is 81.5 Å². The molecule has 0 aromatic heterocycles. The van der Waals surface area contributed by atoms with Gasteiger partial charge in [0.15, 0.2) is 23.0 Å². The third-order valence-electron chi connectivity index (χ3n) is 9.85. The molecule has 2 aliphatic carbocycles. The Kier molecular flexibility index (Phi) is 13.7. The van der Waals surface area contributed by atoms with Gasteiger partial charge in [0.05, 0.1) is 26.4 Å². The van der Waals surface area contributed by atoms with E-state index in [1.165, 1.54) is 12.1 Å². The zero-order valence-corrected chi connectivity index (χ0v) is 27.8. The summed E-state index contributed by atoms with van der Waals surface area (Å²) in [6.07, 6.45) is -0.283. The monoisotopic (exact) mass is 712 g/mol. The van der Waals surface area contributed by atoms with Crippen molar-refractivity contribution in [2.24, 2.45) is 23.7 Å². The van der Waals surface area contributed by atoms with Crippen molar-refractivity contribution < 1.29 is 58.5 Å². The van der Waals surface area contributed by atoms with Crippen molar-refractivity contribution in [3.63, 3.8) is 0 Å². The second-order valence-electron chi connectivity index (χ2n) is 13.3. The molecule has 0 saturated heterocycles.